The van der Waals surface area contributed by atoms with Gasteiger partial charge in [0.25, 0.3) is 0 Å². The molecule has 2 aromatic carbocycles. The first-order valence-electron chi connectivity index (χ1n) is 5.72. The highest BCUT2D eigenvalue weighted by Gasteiger charge is 2.11. The van der Waals surface area contributed by atoms with E-state index in [9.17, 15) is 13.6 Å². The van der Waals surface area contributed by atoms with E-state index in [0.29, 0.717) is 11.3 Å². The summed E-state index contributed by atoms with van der Waals surface area (Å²) in [5.41, 5.74) is 0.591. The van der Waals surface area contributed by atoms with Crippen LogP contribution in [0.4, 0.5) is 25.0 Å². The van der Waals surface area contributed by atoms with Gasteiger partial charge in [0.15, 0.2) is 0 Å². The second kappa shape index (κ2) is 6.33. The molecular formula is C14H8BrF2N3O. The van der Waals surface area contributed by atoms with E-state index < -0.39 is 17.7 Å². The van der Waals surface area contributed by atoms with E-state index >= 15 is 0 Å². The third-order valence-corrected chi connectivity index (χ3v) is 3.14. The number of urea groups is 1. The van der Waals surface area contributed by atoms with Gasteiger partial charge in [-0.1, -0.05) is 0 Å². The number of benzene rings is 2. The molecule has 0 bridgehead atoms. The van der Waals surface area contributed by atoms with Crippen molar-refractivity contribution in [1.82, 2.24) is 0 Å². The Morgan fingerprint density at radius 2 is 1.76 bits per heavy atom. The van der Waals surface area contributed by atoms with Gasteiger partial charge in [-0.15, -0.1) is 0 Å². The van der Waals surface area contributed by atoms with Crippen LogP contribution in [0.5, 0.6) is 0 Å². The molecule has 2 amide bonds. The molecule has 0 aliphatic carbocycles. The number of hydrogen-bond donors (Lipinski definition) is 2. The van der Waals surface area contributed by atoms with E-state index in [1.807, 2.05) is 6.07 Å². The molecule has 7 heteroatoms. The number of carbonyl (C=O) groups is 1. The molecule has 2 rings (SSSR count). The maximum atomic E-state index is 13.6. The molecule has 0 fully saturated rings. The predicted molar refractivity (Wildman–Crippen MR) is 77.9 cm³/mol. The lowest BCUT2D eigenvalue weighted by Crippen LogP contribution is -2.20. The molecule has 0 heterocycles. The van der Waals surface area contributed by atoms with Crippen LogP contribution in [0.25, 0.3) is 0 Å². The number of rotatable bonds is 2. The van der Waals surface area contributed by atoms with Gasteiger partial charge in [-0.3, -0.25) is 0 Å². The fraction of sp³-hybridized carbons (Fsp3) is 0. The first-order chi connectivity index (χ1) is 9.99. The molecule has 2 aromatic rings. The predicted octanol–water partition coefficient (Wildman–Crippen LogP) is 4.24. The molecule has 0 aliphatic rings. The molecule has 0 atom stereocenters. The van der Waals surface area contributed by atoms with Crippen molar-refractivity contribution in [3.8, 4) is 6.07 Å². The number of amides is 2. The second-order valence-electron chi connectivity index (χ2n) is 4.01. The van der Waals surface area contributed by atoms with Gasteiger partial charge in [-0.05, 0) is 46.3 Å². The molecule has 0 radical (unpaired) electrons. The molecule has 0 aromatic heterocycles. The van der Waals surface area contributed by atoms with Crippen molar-refractivity contribution in [3.63, 3.8) is 0 Å². The lowest BCUT2D eigenvalue weighted by molar-refractivity contribution is 0.262. The van der Waals surface area contributed by atoms with Crippen molar-refractivity contribution >= 4 is 33.3 Å². The molecule has 4 nitrogen and oxygen atoms in total. The number of halogens is 3. The maximum Gasteiger partial charge on any atom is 0.323 e. The third-order valence-electron chi connectivity index (χ3n) is 2.53. The molecule has 0 saturated carbocycles. The van der Waals surface area contributed by atoms with Gasteiger partial charge in [-0.25, -0.2) is 13.6 Å². The monoisotopic (exact) mass is 351 g/mol. The maximum absolute atomic E-state index is 13.6. The Kier molecular flexibility index (Phi) is 4.50. The van der Waals surface area contributed by atoms with Crippen molar-refractivity contribution in [2.45, 2.75) is 0 Å². The Labute approximate surface area is 127 Å². The zero-order valence-corrected chi connectivity index (χ0v) is 12.0. The minimum atomic E-state index is -0.766. The summed E-state index contributed by atoms with van der Waals surface area (Å²) in [7, 11) is 0. The van der Waals surface area contributed by atoms with Gasteiger partial charge in [0.05, 0.1) is 21.8 Å². The molecule has 0 unspecified atom stereocenters. The summed E-state index contributed by atoms with van der Waals surface area (Å²) in [5.74, 6) is -1.46. The minimum Gasteiger partial charge on any atom is -0.308 e. The van der Waals surface area contributed by atoms with Crippen molar-refractivity contribution in [1.29, 1.82) is 5.26 Å². The van der Waals surface area contributed by atoms with Crippen molar-refractivity contribution in [3.05, 3.63) is 58.1 Å². The lowest BCUT2D eigenvalue weighted by atomic mass is 10.2. The second-order valence-corrected chi connectivity index (χ2v) is 4.87. The summed E-state index contributed by atoms with van der Waals surface area (Å²) in [4.78, 5) is 11.7. The van der Waals surface area contributed by atoms with Crippen molar-refractivity contribution in [2.75, 3.05) is 10.6 Å². The Bertz CT molecular complexity index is 726. The molecule has 2 N–H and O–H groups in total. The zero-order chi connectivity index (χ0) is 15.4. The number of nitrogens with zero attached hydrogens (tertiary/aromatic N) is 1. The van der Waals surface area contributed by atoms with Crippen LogP contribution in [0.3, 0.4) is 0 Å². The average Bonchev–Trinajstić information content (AvgIpc) is 2.45. The highest BCUT2D eigenvalue weighted by Crippen LogP contribution is 2.23. The van der Waals surface area contributed by atoms with E-state index in [2.05, 4.69) is 26.6 Å². The van der Waals surface area contributed by atoms with Gasteiger partial charge in [0.1, 0.15) is 11.6 Å². The van der Waals surface area contributed by atoms with Gasteiger partial charge < -0.3 is 10.6 Å². The summed E-state index contributed by atoms with van der Waals surface area (Å²) >= 11 is 2.84. The average molecular weight is 352 g/mol. The van der Waals surface area contributed by atoms with E-state index in [4.69, 9.17) is 5.26 Å². The lowest BCUT2D eigenvalue weighted by Gasteiger charge is -2.09. The molecule has 0 spiro atoms. The first kappa shape index (κ1) is 14.9. The standard InChI is InChI=1S/C14H8BrF2N3O/c15-10-5-12(17)13(6-11(10)16)20-14(21)19-9-3-1-8(7-18)2-4-9/h1-6H,(H2,19,20,21). The first-order valence-corrected chi connectivity index (χ1v) is 6.51. The van der Waals surface area contributed by atoms with Gasteiger partial charge >= 0.3 is 6.03 Å². The quantitative estimate of drug-likeness (QED) is 0.794. The fourth-order valence-corrected chi connectivity index (χ4v) is 1.85. The van der Waals surface area contributed by atoms with Crippen molar-refractivity contribution < 1.29 is 13.6 Å². The summed E-state index contributed by atoms with van der Waals surface area (Å²) in [6.45, 7) is 0. The smallest absolute Gasteiger partial charge is 0.308 e. The van der Waals surface area contributed by atoms with Gasteiger partial charge in [0, 0.05) is 11.8 Å². The van der Waals surface area contributed by atoms with Crippen LogP contribution in [-0.2, 0) is 0 Å². The van der Waals surface area contributed by atoms with Gasteiger partial charge in [-0.2, -0.15) is 5.26 Å². The Hall–Kier alpha value is -2.46. The van der Waals surface area contributed by atoms with Crippen LogP contribution in [0.15, 0.2) is 40.9 Å². The van der Waals surface area contributed by atoms with Crippen LogP contribution in [0, 0.1) is 23.0 Å². The Morgan fingerprint density at radius 1 is 1.10 bits per heavy atom. The summed E-state index contributed by atoms with van der Waals surface area (Å²) in [6.07, 6.45) is 0. The zero-order valence-electron chi connectivity index (χ0n) is 10.5. The number of carbonyl (C=O) groups excluding carboxylic acids is 1. The molecular weight excluding hydrogens is 344 g/mol. The van der Waals surface area contributed by atoms with Crippen LogP contribution in [0.2, 0.25) is 0 Å². The number of hydrogen-bond acceptors (Lipinski definition) is 2. The van der Waals surface area contributed by atoms with Crippen LogP contribution < -0.4 is 10.6 Å². The number of nitriles is 1. The Balaban J connectivity index is 2.08. The summed E-state index contributed by atoms with van der Waals surface area (Å²) in [6, 6.07) is 9.11. The van der Waals surface area contributed by atoms with E-state index in [-0.39, 0.29) is 10.2 Å². The highest BCUT2D eigenvalue weighted by atomic mass is 79.9. The molecule has 21 heavy (non-hydrogen) atoms. The largest absolute Gasteiger partial charge is 0.323 e. The Morgan fingerprint density at radius 3 is 2.38 bits per heavy atom. The van der Waals surface area contributed by atoms with Crippen LogP contribution >= 0.6 is 15.9 Å². The number of nitrogens with one attached hydrogen (secondary N) is 2. The number of anilines is 2. The third kappa shape index (κ3) is 3.77. The molecule has 106 valence electrons. The SMILES string of the molecule is N#Cc1ccc(NC(=O)Nc2cc(F)c(Br)cc2F)cc1. The topological polar surface area (TPSA) is 64.9 Å². The van der Waals surface area contributed by atoms with E-state index in [0.717, 1.165) is 12.1 Å². The molecule has 0 saturated heterocycles. The van der Waals surface area contributed by atoms with Crippen LogP contribution in [0.1, 0.15) is 5.56 Å². The van der Waals surface area contributed by atoms with E-state index in [1.165, 1.54) is 24.3 Å². The highest BCUT2D eigenvalue weighted by molar-refractivity contribution is 9.10. The fourth-order valence-electron chi connectivity index (χ4n) is 1.53. The van der Waals surface area contributed by atoms with E-state index in [1.54, 1.807) is 0 Å². The van der Waals surface area contributed by atoms with Gasteiger partial charge in [0.2, 0.25) is 0 Å². The summed E-state index contributed by atoms with van der Waals surface area (Å²) < 4.78 is 26.8. The normalized spacial score (nSPS) is 9.81. The summed E-state index contributed by atoms with van der Waals surface area (Å²) in [5, 5.41) is 13.3. The molecule has 0 aliphatic heterocycles. The van der Waals surface area contributed by atoms with Crippen LogP contribution in [-0.4, -0.2) is 6.03 Å². The van der Waals surface area contributed by atoms with Crippen molar-refractivity contribution in [2.24, 2.45) is 0 Å². The minimum absolute atomic E-state index is 0.0296.